The molecule has 0 N–H and O–H groups in total. The molecule has 0 spiro atoms. The number of hydrogen-bond donors (Lipinski definition) is 0. The van der Waals surface area contributed by atoms with Crippen LogP contribution in [-0.4, -0.2) is 31.3 Å². The Hall–Kier alpha value is -3.36. The van der Waals surface area contributed by atoms with Gasteiger partial charge in [0.05, 0.1) is 6.54 Å². The normalized spacial score (nSPS) is 17.0. The van der Waals surface area contributed by atoms with Crippen molar-refractivity contribution in [3.05, 3.63) is 132 Å². The maximum Gasteiger partial charge on any atom is 0.292 e. The highest BCUT2D eigenvalue weighted by atomic mass is 15.3. The molecule has 0 radical (unpaired) electrons. The Kier molecular flexibility index (Phi) is 4.88. The summed E-state index contributed by atoms with van der Waals surface area (Å²) in [5, 5.41) is 0. The average molecular weight is 401 g/mol. The van der Waals surface area contributed by atoms with E-state index in [1.165, 1.54) is 33.1 Å². The molecular formula is C29H28BN. The van der Waals surface area contributed by atoms with Crippen molar-refractivity contribution < 1.29 is 4.39 Å². The van der Waals surface area contributed by atoms with Gasteiger partial charge < -0.3 is 4.39 Å². The van der Waals surface area contributed by atoms with E-state index in [9.17, 15) is 0 Å². The molecule has 0 bridgehead atoms. The van der Waals surface area contributed by atoms with Crippen molar-refractivity contribution in [3.8, 4) is 0 Å². The van der Waals surface area contributed by atoms with Crippen molar-refractivity contribution in [1.29, 1.82) is 0 Å². The van der Waals surface area contributed by atoms with Crippen LogP contribution in [0.5, 0.6) is 0 Å². The summed E-state index contributed by atoms with van der Waals surface area (Å²) < 4.78 is 0.891. The first kappa shape index (κ1) is 19.6. The summed E-state index contributed by atoms with van der Waals surface area (Å²) in [7, 11) is 4.80. The van der Waals surface area contributed by atoms with Gasteiger partial charge in [-0.3, -0.25) is 0 Å². The summed E-state index contributed by atoms with van der Waals surface area (Å²) in [5.41, 5.74) is 8.34. The molecule has 0 aromatic heterocycles. The van der Waals surface area contributed by atoms with Crippen molar-refractivity contribution in [2.45, 2.75) is 0 Å². The molecule has 152 valence electrons. The maximum atomic E-state index is 2.40. The summed E-state index contributed by atoms with van der Waals surface area (Å²) in [4.78, 5) is 0. The minimum atomic E-state index is -1.26. The van der Waals surface area contributed by atoms with E-state index in [1.807, 2.05) is 0 Å². The van der Waals surface area contributed by atoms with Crippen molar-refractivity contribution in [2.75, 3.05) is 20.6 Å². The van der Waals surface area contributed by atoms with Gasteiger partial charge in [-0.25, -0.2) is 0 Å². The lowest BCUT2D eigenvalue weighted by Crippen LogP contribution is -2.75. The molecule has 4 aromatic carbocycles. The molecule has 0 saturated carbocycles. The number of quaternary nitrogens is 1. The van der Waals surface area contributed by atoms with Crippen LogP contribution in [0.25, 0.3) is 11.0 Å². The maximum absolute atomic E-state index is 2.40. The first-order chi connectivity index (χ1) is 15.1. The average Bonchev–Trinajstić information content (AvgIpc) is 3.09. The topological polar surface area (TPSA) is 0 Å². The SMILES string of the molecule is C[N+]1(C)CC(c2ccccc2)=C(c2ccccc2)[B-]1(c1ccccc1)c1ccccc1. The Morgan fingerprint density at radius 2 is 0.903 bits per heavy atom. The van der Waals surface area contributed by atoms with E-state index in [1.54, 1.807) is 0 Å². The van der Waals surface area contributed by atoms with E-state index in [-0.39, 0.29) is 0 Å². The van der Waals surface area contributed by atoms with Gasteiger partial charge in [0.1, 0.15) is 0 Å². The van der Waals surface area contributed by atoms with Crippen LogP contribution in [0.2, 0.25) is 0 Å². The molecular weight excluding hydrogens is 373 g/mol. The molecule has 1 aliphatic rings. The van der Waals surface area contributed by atoms with E-state index < -0.39 is 6.28 Å². The molecule has 4 aromatic rings. The van der Waals surface area contributed by atoms with E-state index >= 15 is 0 Å². The van der Waals surface area contributed by atoms with Gasteiger partial charge in [0.25, 0.3) is 6.28 Å². The number of benzene rings is 4. The highest BCUT2D eigenvalue weighted by Crippen LogP contribution is 2.44. The standard InChI is InChI=1S/C29H28BN/c1-31(2)23-28(24-15-7-3-8-16-24)29(25-17-9-4-10-18-25)30(31,26-19-11-5-12-20-26)27-21-13-6-14-22-27/h3-22H,23H2,1-2H3. The van der Waals surface area contributed by atoms with Crippen molar-refractivity contribution >= 4 is 28.3 Å². The zero-order valence-electron chi connectivity index (χ0n) is 18.3. The lowest BCUT2D eigenvalue weighted by Gasteiger charge is -2.53. The fourth-order valence-electron chi connectivity index (χ4n) is 5.95. The highest BCUT2D eigenvalue weighted by molar-refractivity contribution is 7.11. The molecule has 2 heteroatoms. The van der Waals surface area contributed by atoms with E-state index in [2.05, 4.69) is 135 Å². The number of likely N-dealkylation sites (N-methyl/N-ethyl adjacent to an activating group) is 1. The summed E-state index contributed by atoms with van der Waals surface area (Å²) in [6.45, 7) is 0.984. The highest BCUT2D eigenvalue weighted by Gasteiger charge is 2.53. The first-order valence-corrected chi connectivity index (χ1v) is 11.1. The zero-order valence-corrected chi connectivity index (χ0v) is 18.3. The van der Waals surface area contributed by atoms with Crippen LogP contribution >= 0.6 is 0 Å². The fraction of sp³-hybridized carbons (Fsp3) is 0.103. The molecule has 31 heavy (non-hydrogen) atoms. The minimum absolute atomic E-state index is 0.891. The second-order valence-corrected chi connectivity index (χ2v) is 9.20. The summed E-state index contributed by atoms with van der Waals surface area (Å²) in [6, 6.07) is 44.2. The van der Waals surface area contributed by atoms with E-state index in [4.69, 9.17) is 0 Å². The second-order valence-electron chi connectivity index (χ2n) is 9.20. The van der Waals surface area contributed by atoms with Gasteiger partial charge in [-0.05, 0) is 11.1 Å². The van der Waals surface area contributed by atoms with Crippen LogP contribution in [0.3, 0.4) is 0 Å². The number of hydrogen-bond acceptors (Lipinski definition) is 0. The molecule has 0 fully saturated rings. The van der Waals surface area contributed by atoms with Gasteiger partial charge in [0, 0.05) is 14.1 Å². The van der Waals surface area contributed by atoms with Crippen LogP contribution in [0.4, 0.5) is 0 Å². The predicted octanol–water partition coefficient (Wildman–Crippen LogP) is 4.99. The van der Waals surface area contributed by atoms with Crippen LogP contribution < -0.4 is 10.9 Å². The van der Waals surface area contributed by atoms with Crippen molar-refractivity contribution in [3.63, 3.8) is 0 Å². The Morgan fingerprint density at radius 3 is 1.35 bits per heavy atom. The van der Waals surface area contributed by atoms with E-state index in [0.717, 1.165) is 10.9 Å². The van der Waals surface area contributed by atoms with Crippen LogP contribution in [0.1, 0.15) is 11.1 Å². The summed E-state index contributed by atoms with van der Waals surface area (Å²) >= 11 is 0. The number of nitrogens with zero attached hydrogens (tertiary/aromatic N) is 1. The Morgan fingerprint density at radius 1 is 0.516 bits per heavy atom. The molecule has 0 atom stereocenters. The quantitative estimate of drug-likeness (QED) is 0.423. The van der Waals surface area contributed by atoms with Gasteiger partial charge >= 0.3 is 0 Å². The van der Waals surface area contributed by atoms with Gasteiger partial charge in [0.2, 0.25) is 0 Å². The van der Waals surface area contributed by atoms with Crippen LogP contribution in [0.15, 0.2) is 121 Å². The predicted molar refractivity (Wildman–Crippen MR) is 135 cm³/mol. The molecule has 0 amide bonds. The zero-order chi connectivity index (χ0) is 21.3. The van der Waals surface area contributed by atoms with Gasteiger partial charge in [-0.1, -0.05) is 127 Å². The van der Waals surface area contributed by atoms with Gasteiger partial charge in [0.15, 0.2) is 0 Å². The lowest BCUT2D eigenvalue weighted by molar-refractivity contribution is -0.774. The Balaban J connectivity index is 1.94. The third-order valence-corrected chi connectivity index (χ3v) is 7.13. The molecule has 0 unspecified atom stereocenters. The Labute approximate surface area is 185 Å². The third-order valence-electron chi connectivity index (χ3n) is 7.13. The van der Waals surface area contributed by atoms with Crippen molar-refractivity contribution in [1.82, 2.24) is 0 Å². The summed E-state index contributed by atoms with van der Waals surface area (Å²) in [5.74, 6) is 0. The summed E-state index contributed by atoms with van der Waals surface area (Å²) in [6.07, 6.45) is -1.26. The molecule has 1 nitrogen and oxygen atoms in total. The molecule has 5 rings (SSSR count). The minimum Gasteiger partial charge on any atom is -0.505 e. The first-order valence-electron chi connectivity index (χ1n) is 11.1. The second kappa shape index (κ2) is 7.72. The van der Waals surface area contributed by atoms with Crippen LogP contribution in [-0.2, 0) is 0 Å². The molecule has 0 aliphatic carbocycles. The number of rotatable bonds is 4. The van der Waals surface area contributed by atoms with Crippen LogP contribution in [0, 0.1) is 0 Å². The third kappa shape index (κ3) is 3.07. The van der Waals surface area contributed by atoms with Gasteiger partial charge in [-0.15, -0.1) is 16.4 Å². The smallest absolute Gasteiger partial charge is 0.292 e. The fourth-order valence-corrected chi connectivity index (χ4v) is 5.95. The molecule has 0 saturated heterocycles. The Bertz CT molecular complexity index is 1160. The largest absolute Gasteiger partial charge is 0.505 e. The van der Waals surface area contributed by atoms with Crippen molar-refractivity contribution in [2.24, 2.45) is 0 Å². The molecule has 1 heterocycles. The monoisotopic (exact) mass is 401 g/mol. The van der Waals surface area contributed by atoms with E-state index in [0.29, 0.717) is 0 Å². The van der Waals surface area contributed by atoms with Gasteiger partial charge in [-0.2, -0.15) is 0 Å². The molecule has 1 aliphatic heterocycles. The lowest BCUT2D eigenvalue weighted by atomic mass is 9.21.